The quantitative estimate of drug-likeness (QED) is 0.214. The molecule has 0 saturated carbocycles. The van der Waals surface area contributed by atoms with E-state index >= 15 is 0 Å². The van der Waals surface area contributed by atoms with Crippen molar-refractivity contribution in [2.45, 2.75) is 6.18 Å². The minimum Gasteiger partial charge on any atom is -0.456 e. The number of nitriles is 1. The van der Waals surface area contributed by atoms with E-state index in [1.54, 1.807) is 12.1 Å². The number of carbonyl (C=O) groups excluding carboxylic acids is 1. The predicted molar refractivity (Wildman–Crippen MR) is 109 cm³/mol. The fourth-order valence-corrected chi connectivity index (χ4v) is 2.86. The maximum Gasteiger partial charge on any atom is 0.416 e. The van der Waals surface area contributed by atoms with Crippen LogP contribution in [0.5, 0.6) is 0 Å². The molecule has 11 heteroatoms. The van der Waals surface area contributed by atoms with Crippen molar-refractivity contribution in [3.8, 4) is 17.4 Å². The van der Waals surface area contributed by atoms with Gasteiger partial charge in [0.2, 0.25) is 0 Å². The number of rotatable bonds is 5. The van der Waals surface area contributed by atoms with Crippen LogP contribution >= 0.6 is 11.6 Å². The zero-order valence-corrected chi connectivity index (χ0v) is 16.6. The average Bonchev–Trinajstić information content (AvgIpc) is 3.21. The molecule has 1 amide bonds. The van der Waals surface area contributed by atoms with Crippen LogP contribution in [-0.2, 0) is 11.0 Å². The molecule has 3 rings (SSSR count). The number of benzene rings is 2. The Morgan fingerprint density at radius 2 is 1.91 bits per heavy atom. The summed E-state index contributed by atoms with van der Waals surface area (Å²) >= 11 is 5.85. The Hall–Kier alpha value is -4.10. The summed E-state index contributed by atoms with van der Waals surface area (Å²) in [5.41, 5.74) is -1.85. The SMILES string of the molecule is N#CC(=Cc1ccc(-c2ccccc2[N+](=O)[O-])o1)C(=O)Nc1cc(C(F)(F)F)ccc1Cl. The van der Waals surface area contributed by atoms with Gasteiger partial charge in [-0.2, -0.15) is 18.4 Å². The maximum atomic E-state index is 12.9. The van der Waals surface area contributed by atoms with Gasteiger partial charge in [-0.3, -0.25) is 14.9 Å². The summed E-state index contributed by atoms with van der Waals surface area (Å²) < 4.78 is 44.2. The van der Waals surface area contributed by atoms with Gasteiger partial charge in [0.1, 0.15) is 23.2 Å². The minimum absolute atomic E-state index is 0.0278. The summed E-state index contributed by atoms with van der Waals surface area (Å²) in [5.74, 6) is -0.862. The van der Waals surface area contributed by atoms with Gasteiger partial charge in [0.25, 0.3) is 11.6 Å². The van der Waals surface area contributed by atoms with E-state index in [1.165, 1.54) is 30.3 Å². The fourth-order valence-electron chi connectivity index (χ4n) is 2.69. The largest absolute Gasteiger partial charge is 0.456 e. The van der Waals surface area contributed by atoms with Crippen molar-refractivity contribution < 1.29 is 27.3 Å². The normalized spacial score (nSPS) is 11.7. The molecule has 0 aliphatic heterocycles. The van der Waals surface area contributed by atoms with Crippen LogP contribution in [0, 0.1) is 21.4 Å². The molecule has 0 unspecified atom stereocenters. The van der Waals surface area contributed by atoms with Crippen LogP contribution in [-0.4, -0.2) is 10.8 Å². The summed E-state index contributed by atoms with van der Waals surface area (Å²) in [7, 11) is 0. The lowest BCUT2D eigenvalue weighted by molar-refractivity contribution is -0.384. The first kappa shape index (κ1) is 22.6. The number of amides is 1. The molecule has 162 valence electrons. The summed E-state index contributed by atoms with van der Waals surface area (Å²) in [5, 5.41) is 22.5. The van der Waals surface area contributed by atoms with Crippen molar-refractivity contribution >= 4 is 35.0 Å². The second-order valence-corrected chi connectivity index (χ2v) is 6.70. The number of hydrogen-bond donors (Lipinski definition) is 1. The van der Waals surface area contributed by atoms with Crippen LogP contribution in [0.2, 0.25) is 5.02 Å². The van der Waals surface area contributed by atoms with Crippen LogP contribution in [0.3, 0.4) is 0 Å². The monoisotopic (exact) mass is 461 g/mol. The second-order valence-electron chi connectivity index (χ2n) is 6.29. The number of nitro groups is 1. The van der Waals surface area contributed by atoms with Gasteiger partial charge in [-0.25, -0.2) is 0 Å². The molecular formula is C21H11ClF3N3O4. The number of nitrogens with one attached hydrogen (secondary N) is 1. The van der Waals surface area contributed by atoms with Crippen molar-refractivity contribution in [2.24, 2.45) is 0 Å². The van der Waals surface area contributed by atoms with Gasteiger partial charge in [0, 0.05) is 12.1 Å². The molecule has 1 N–H and O–H groups in total. The molecule has 0 saturated heterocycles. The van der Waals surface area contributed by atoms with Gasteiger partial charge in [0.05, 0.1) is 26.8 Å². The van der Waals surface area contributed by atoms with Crippen molar-refractivity contribution in [3.63, 3.8) is 0 Å². The minimum atomic E-state index is -4.65. The fraction of sp³-hybridized carbons (Fsp3) is 0.0476. The Bertz CT molecular complexity index is 1280. The molecular weight excluding hydrogens is 451 g/mol. The Labute approximate surface area is 183 Å². The lowest BCUT2D eigenvalue weighted by atomic mass is 10.1. The maximum absolute atomic E-state index is 12.9. The Morgan fingerprint density at radius 3 is 2.56 bits per heavy atom. The van der Waals surface area contributed by atoms with Gasteiger partial charge in [0.15, 0.2) is 0 Å². The number of nitrogens with zero attached hydrogens (tertiary/aromatic N) is 2. The molecule has 3 aromatic rings. The van der Waals surface area contributed by atoms with Crippen molar-refractivity contribution in [2.75, 3.05) is 5.32 Å². The number of halogens is 4. The Morgan fingerprint density at radius 1 is 1.19 bits per heavy atom. The molecule has 0 radical (unpaired) electrons. The standard InChI is InChI=1S/C21H11ClF3N3O4/c22-16-7-5-13(21(23,24)25)10-17(16)27-20(29)12(11-26)9-14-6-8-19(32-14)15-3-1-2-4-18(15)28(30)31/h1-10H,(H,27,29). The van der Waals surface area contributed by atoms with E-state index in [2.05, 4.69) is 5.32 Å². The van der Waals surface area contributed by atoms with Crippen molar-refractivity contribution in [1.29, 1.82) is 5.26 Å². The molecule has 32 heavy (non-hydrogen) atoms. The highest BCUT2D eigenvalue weighted by atomic mass is 35.5. The van der Waals surface area contributed by atoms with Crippen LogP contribution in [0.15, 0.2) is 64.6 Å². The molecule has 0 bridgehead atoms. The first-order chi connectivity index (χ1) is 15.1. The lowest BCUT2D eigenvalue weighted by Gasteiger charge is -2.11. The first-order valence-electron chi connectivity index (χ1n) is 8.73. The van der Waals surface area contributed by atoms with E-state index in [9.17, 15) is 33.3 Å². The third-order valence-corrected chi connectivity index (χ3v) is 4.52. The van der Waals surface area contributed by atoms with Crippen LogP contribution in [0.4, 0.5) is 24.5 Å². The number of carbonyl (C=O) groups is 1. The summed E-state index contributed by atoms with van der Waals surface area (Å²) in [6.07, 6.45) is -3.60. The van der Waals surface area contributed by atoms with Gasteiger partial charge in [-0.15, -0.1) is 0 Å². The van der Waals surface area contributed by atoms with Crippen LogP contribution < -0.4 is 5.32 Å². The van der Waals surface area contributed by atoms with Crippen molar-refractivity contribution in [3.05, 3.63) is 86.6 Å². The average molecular weight is 462 g/mol. The molecule has 1 heterocycles. The number of alkyl halides is 3. The third-order valence-electron chi connectivity index (χ3n) is 4.19. The number of para-hydroxylation sites is 1. The summed E-state index contributed by atoms with van der Waals surface area (Å²) in [6, 6.07) is 12.6. The van der Waals surface area contributed by atoms with E-state index < -0.39 is 28.1 Å². The van der Waals surface area contributed by atoms with Crippen LogP contribution in [0.1, 0.15) is 11.3 Å². The highest BCUT2D eigenvalue weighted by Crippen LogP contribution is 2.34. The van der Waals surface area contributed by atoms with E-state index in [1.807, 2.05) is 0 Å². The molecule has 2 aromatic carbocycles. The van der Waals surface area contributed by atoms with E-state index in [4.69, 9.17) is 16.0 Å². The van der Waals surface area contributed by atoms with Gasteiger partial charge in [-0.1, -0.05) is 23.7 Å². The molecule has 7 nitrogen and oxygen atoms in total. The Kier molecular flexibility index (Phi) is 6.32. The molecule has 0 aliphatic carbocycles. The van der Waals surface area contributed by atoms with E-state index in [0.29, 0.717) is 6.07 Å². The molecule has 0 aliphatic rings. The molecule has 0 atom stereocenters. The molecule has 0 fully saturated rings. The topological polar surface area (TPSA) is 109 Å². The highest BCUT2D eigenvalue weighted by molar-refractivity contribution is 6.34. The second kappa shape index (κ2) is 8.95. The summed E-state index contributed by atoms with van der Waals surface area (Å²) in [6.45, 7) is 0. The smallest absolute Gasteiger partial charge is 0.416 e. The molecule has 0 spiro atoms. The van der Waals surface area contributed by atoms with Gasteiger partial charge < -0.3 is 9.73 Å². The predicted octanol–water partition coefficient (Wildman–Crippen LogP) is 6.07. The number of nitro benzene ring substituents is 1. The van der Waals surface area contributed by atoms with Gasteiger partial charge in [-0.05, 0) is 36.4 Å². The van der Waals surface area contributed by atoms with E-state index in [-0.39, 0.29) is 33.5 Å². The number of anilines is 1. The lowest BCUT2D eigenvalue weighted by Crippen LogP contribution is -2.15. The zero-order valence-electron chi connectivity index (χ0n) is 15.8. The van der Waals surface area contributed by atoms with E-state index in [0.717, 1.165) is 18.2 Å². The first-order valence-corrected chi connectivity index (χ1v) is 9.11. The third kappa shape index (κ3) is 4.96. The Balaban J connectivity index is 1.88. The zero-order chi connectivity index (χ0) is 23.5. The van der Waals surface area contributed by atoms with Crippen molar-refractivity contribution in [1.82, 2.24) is 0 Å². The summed E-state index contributed by atoms with van der Waals surface area (Å²) in [4.78, 5) is 23.0. The highest BCUT2D eigenvalue weighted by Gasteiger charge is 2.31. The number of furan rings is 1. The number of hydrogen-bond acceptors (Lipinski definition) is 5. The van der Waals surface area contributed by atoms with Gasteiger partial charge >= 0.3 is 6.18 Å². The van der Waals surface area contributed by atoms with Crippen LogP contribution in [0.25, 0.3) is 17.4 Å². The molecule has 1 aromatic heterocycles.